The zero-order valence-corrected chi connectivity index (χ0v) is 23.8. The van der Waals surface area contributed by atoms with Crippen LogP contribution in [0.15, 0.2) is 84.6 Å². The Balaban J connectivity index is 1.68. The van der Waals surface area contributed by atoms with E-state index in [2.05, 4.69) is 11.9 Å². The van der Waals surface area contributed by atoms with Crippen LogP contribution in [0.2, 0.25) is 0 Å². The Kier molecular flexibility index (Phi) is 8.89. The smallest absolute Gasteiger partial charge is 0.408 e. The third-order valence-corrected chi connectivity index (χ3v) is 8.09. The van der Waals surface area contributed by atoms with Gasteiger partial charge in [0.25, 0.3) is 0 Å². The summed E-state index contributed by atoms with van der Waals surface area (Å²) in [6, 6.07) is 16.2. The molecule has 2 amide bonds. The Morgan fingerprint density at radius 2 is 1.66 bits per heavy atom. The fourth-order valence-corrected chi connectivity index (χ4v) is 6.31. The van der Waals surface area contributed by atoms with Gasteiger partial charge in [-0.2, -0.15) is 0 Å². The summed E-state index contributed by atoms with van der Waals surface area (Å²) in [7, 11) is 0. The average molecular weight is 580 g/mol. The van der Waals surface area contributed by atoms with Crippen LogP contribution in [0.4, 0.5) is 4.79 Å². The number of esters is 1. The number of carbonyl (C=O) groups excluding carboxylic acids is 3. The van der Waals surface area contributed by atoms with Gasteiger partial charge in [0.1, 0.15) is 28.8 Å². The third kappa shape index (κ3) is 6.63. The zero-order valence-electron chi connectivity index (χ0n) is 23.0. The van der Waals surface area contributed by atoms with E-state index in [0.29, 0.717) is 0 Å². The summed E-state index contributed by atoms with van der Waals surface area (Å²) >= 11 is 1.23. The van der Waals surface area contributed by atoms with Gasteiger partial charge in [0.15, 0.2) is 6.10 Å². The van der Waals surface area contributed by atoms with E-state index in [1.54, 1.807) is 20.8 Å². The Hall–Kier alpha value is -4.09. The summed E-state index contributed by atoms with van der Waals surface area (Å²) in [5.74, 6) is -2.57. The van der Waals surface area contributed by atoms with Crippen LogP contribution in [0.3, 0.4) is 0 Å². The Labute approximate surface area is 242 Å². The van der Waals surface area contributed by atoms with Crippen molar-refractivity contribution in [2.45, 2.75) is 61.6 Å². The van der Waals surface area contributed by atoms with Crippen LogP contribution in [0.5, 0.6) is 0 Å². The van der Waals surface area contributed by atoms with E-state index in [-0.39, 0.29) is 17.7 Å². The first-order chi connectivity index (χ1) is 19.4. The fraction of sp³-hybridized carbons (Fsp3) is 0.333. The minimum atomic E-state index is -1.32. The number of benzene rings is 2. The second-order valence-corrected chi connectivity index (χ2v) is 12.0. The van der Waals surface area contributed by atoms with Crippen LogP contribution < -0.4 is 11.1 Å². The number of carboxylic acid groups (broad SMARTS) is 1. The van der Waals surface area contributed by atoms with Crippen molar-refractivity contribution in [3.63, 3.8) is 0 Å². The summed E-state index contributed by atoms with van der Waals surface area (Å²) in [5.41, 5.74) is 6.61. The minimum Gasteiger partial charge on any atom is -0.477 e. The highest BCUT2D eigenvalue weighted by Gasteiger charge is 2.54. The van der Waals surface area contributed by atoms with Crippen LogP contribution in [-0.2, 0) is 23.9 Å². The van der Waals surface area contributed by atoms with E-state index in [9.17, 15) is 24.3 Å². The van der Waals surface area contributed by atoms with Crippen molar-refractivity contribution in [2.75, 3.05) is 0 Å². The van der Waals surface area contributed by atoms with Crippen molar-refractivity contribution in [3.8, 4) is 0 Å². The van der Waals surface area contributed by atoms with E-state index < -0.39 is 58.4 Å². The number of fused-ring (bicyclic) bond motifs is 1. The molecular formula is C30H33N3O7S. The molecule has 216 valence electrons. The Bertz CT molecular complexity index is 1320. The van der Waals surface area contributed by atoms with Crippen LogP contribution in [0.25, 0.3) is 0 Å². The van der Waals surface area contributed by atoms with Gasteiger partial charge >= 0.3 is 18.0 Å². The van der Waals surface area contributed by atoms with Gasteiger partial charge < -0.3 is 25.6 Å². The summed E-state index contributed by atoms with van der Waals surface area (Å²) < 4.78 is 11.4. The van der Waals surface area contributed by atoms with E-state index >= 15 is 0 Å². The second kappa shape index (κ2) is 12.2. The molecule has 4 atom stereocenters. The molecule has 4 rings (SSSR count). The fourth-order valence-electron chi connectivity index (χ4n) is 4.70. The molecular weight excluding hydrogens is 546 g/mol. The quantitative estimate of drug-likeness (QED) is 0.298. The lowest BCUT2D eigenvalue weighted by atomic mass is 9.97. The van der Waals surface area contributed by atoms with Crippen molar-refractivity contribution < 1.29 is 33.8 Å². The van der Waals surface area contributed by atoms with Gasteiger partial charge in [0.05, 0.1) is 0 Å². The number of ether oxygens (including phenoxy) is 2. The number of hydrogen-bond donors (Lipinski definition) is 3. The number of nitrogens with zero attached hydrogens (tertiary/aromatic N) is 1. The number of hydrogen-bond acceptors (Lipinski definition) is 8. The highest BCUT2D eigenvalue weighted by atomic mass is 32.2. The van der Waals surface area contributed by atoms with Gasteiger partial charge in [-0.1, -0.05) is 73.3 Å². The molecule has 4 N–H and O–H groups in total. The number of nitrogens with two attached hydrogens (primary N) is 1. The van der Waals surface area contributed by atoms with Crippen LogP contribution in [0.1, 0.15) is 44.4 Å². The molecule has 0 bridgehead atoms. The predicted octanol–water partition coefficient (Wildman–Crippen LogP) is 3.74. The molecule has 2 aromatic carbocycles. The first-order valence-corrected chi connectivity index (χ1v) is 14.0. The predicted molar refractivity (Wildman–Crippen MR) is 153 cm³/mol. The van der Waals surface area contributed by atoms with Gasteiger partial charge in [-0.3, -0.25) is 9.69 Å². The first-order valence-electron chi connectivity index (χ1n) is 13.0. The number of amides is 2. The molecule has 10 nitrogen and oxygen atoms in total. The maximum atomic E-state index is 13.8. The normalized spacial score (nSPS) is 21.0. The molecule has 0 radical (unpaired) electrons. The summed E-state index contributed by atoms with van der Waals surface area (Å²) in [5, 5.41) is 11.3. The number of nitrogens with one attached hydrogen (secondary N) is 1. The molecule has 2 unspecified atom stereocenters. The van der Waals surface area contributed by atoms with Crippen molar-refractivity contribution in [2.24, 2.45) is 5.73 Å². The topological polar surface area (TPSA) is 148 Å². The van der Waals surface area contributed by atoms with E-state index in [1.807, 2.05) is 60.7 Å². The van der Waals surface area contributed by atoms with Gasteiger partial charge in [-0.15, -0.1) is 11.8 Å². The number of β-lactam (4-membered cyclic amide) rings is 1. The number of rotatable bonds is 9. The SMILES string of the molecule is C=CC1=C(C(=O)O)N2C(=O)C(N)[C@H]2SC1C[C@H](NC(=O)OC(C)(C)C)C(=O)OC(c1ccccc1)c1ccccc1. The summed E-state index contributed by atoms with van der Waals surface area (Å²) in [6.45, 7) is 8.83. The number of alkyl carbamates (subject to hydrolysis) is 1. The van der Waals surface area contributed by atoms with Crippen molar-refractivity contribution in [3.05, 3.63) is 95.7 Å². The number of thioether (sulfide) groups is 1. The molecule has 2 heterocycles. The molecule has 2 aromatic rings. The van der Waals surface area contributed by atoms with Gasteiger partial charge in [0, 0.05) is 5.25 Å². The van der Waals surface area contributed by atoms with Crippen LogP contribution >= 0.6 is 11.8 Å². The molecule has 0 saturated carbocycles. The highest BCUT2D eigenvalue weighted by Crippen LogP contribution is 2.45. The molecule has 1 fully saturated rings. The number of allylic oxidation sites excluding steroid dienone is 1. The first kappa shape index (κ1) is 29.9. The second-order valence-electron chi connectivity index (χ2n) is 10.6. The van der Waals surface area contributed by atoms with Crippen LogP contribution in [0, 0.1) is 0 Å². The molecule has 0 aromatic heterocycles. The lowest BCUT2D eigenvalue weighted by molar-refractivity contribution is -0.150. The van der Waals surface area contributed by atoms with Gasteiger partial charge in [-0.25, -0.2) is 14.4 Å². The van der Waals surface area contributed by atoms with E-state index in [1.165, 1.54) is 17.8 Å². The van der Waals surface area contributed by atoms with Crippen molar-refractivity contribution in [1.29, 1.82) is 0 Å². The zero-order chi connectivity index (χ0) is 29.9. The molecule has 11 heteroatoms. The molecule has 0 spiro atoms. The standard InChI is InChI=1S/C30H33N3O7S/c1-5-19-21(41-26-22(31)25(34)33(26)23(19)27(35)36)16-20(32-29(38)40-30(2,3)4)28(37)39-24(17-12-8-6-9-13-17)18-14-10-7-11-15-18/h5-15,20-22,24,26H,1,16,31H2,2-4H3,(H,32,38)(H,35,36)/t20-,21?,22?,26+/m0/s1. The molecule has 1 saturated heterocycles. The maximum Gasteiger partial charge on any atom is 0.408 e. The summed E-state index contributed by atoms with van der Waals surface area (Å²) in [6.07, 6.45) is -0.330. The molecule has 41 heavy (non-hydrogen) atoms. The number of aliphatic carboxylic acids is 1. The van der Waals surface area contributed by atoms with E-state index in [4.69, 9.17) is 15.2 Å². The Morgan fingerprint density at radius 1 is 1.10 bits per heavy atom. The lowest BCUT2D eigenvalue weighted by Crippen LogP contribution is -2.69. The van der Waals surface area contributed by atoms with Gasteiger partial charge in [-0.05, 0) is 43.9 Å². The highest BCUT2D eigenvalue weighted by molar-refractivity contribution is 8.00. The number of carbonyl (C=O) groups is 4. The molecule has 2 aliphatic rings. The van der Waals surface area contributed by atoms with Crippen molar-refractivity contribution >= 4 is 35.7 Å². The third-order valence-electron chi connectivity index (χ3n) is 6.54. The minimum absolute atomic E-state index is 0.0670. The number of carboxylic acids is 1. The average Bonchev–Trinajstić information content (AvgIpc) is 2.94. The molecule has 2 aliphatic heterocycles. The monoisotopic (exact) mass is 579 g/mol. The van der Waals surface area contributed by atoms with Gasteiger partial charge in [0.2, 0.25) is 5.91 Å². The van der Waals surface area contributed by atoms with Crippen molar-refractivity contribution in [1.82, 2.24) is 10.2 Å². The largest absolute Gasteiger partial charge is 0.477 e. The lowest BCUT2D eigenvalue weighted by Gasteiger charge is -2.50. The van der Waals surface area contributed by atoms with Crippen LogP contribution in [-0.4, -0.2) is 62.3 Å². The Morgan fingerprint density at radius 3 is 2.15 bits per heavy atom. The molecule has 0 aliphatic carbocycles. The summed E-state index contributed by atoms with van der Waals surface area (Å²) in [4.78, 5) is 52.4. The van der Waals surface area contributed by atoms with E-state index in [0.717, 1.165) is 16.0 Å². The maximum absolute atomic E-state index is 13.8.